The van der Waals surface area contributed by atoms with Crippen molar-refractivity contribution in [2.45, 2.75) is 31.2 Å². The summed E-state index contributed by atoms with van der Waals surface area (Å²) in [7, 11) is -0.889. The summed E-state index contributed by atoms with van der Waals surface area (Å²) in [5.74, 6) is 0.708. The Balaban J connectivity index is 1.91. The molecular weight excluding hydrogens is 532 g/mol. The van der Waals surface area contributed by atoms with Gasteiger partial charge in [-0.2, -0.15) is 0 Å². The Morgan fingerprint density at radius 1 is 1.00 bits per heavy atom. The van der Waals surface area contributed by atoms with Crippen LogP contribution in [0, 0.1) is 6.92 Å². The maximum absolute atomic E-state index is 13.6. The zero-order valence-corrected chi connectivity index (χ0v) is 22.5. The van der Waals surface area contributed by atoms with Gasteiger partial charge in [-0.15, -0.1) is 0 Å². The molecule has 0 heterocycles. The van der Waals surface area contributed by atoms with Crippen LogP contribution in [0.2, 0.25) is 0 Å². The Morgan fingerprint density at radius 3 is 2.29 bits per heavy atom. The largest absolute Gasteiger partial charge is 0.493 e. The molecule has 7 nitrogen and oxygen atoms in total. The molecule has 1 amide bonds. The molecule has 1 N–H and O–H groups in total. The molecule has 0 aliphatic carbocycles. The summed E-state index contributed by atoms with van der Waals surface area (Å²) in [5, 5.41) is 2.97. The minimum Gasteiger partial charge on any atom is -0.493 e. The predicted molar refractivity (Wildman–Crippen MR) is 141 cm³/mol. The van der Waals surface area contributed by atoms with Gasteiger partial charge in [0.1, 0.15) is 6.54 Å². The van der Waals surface area contributed by atoms with Gasteiger partial charge in [0.25, 0.3) is 10.0 Å². The number of halogens is 1. The van der Waals surface area contributed by atoms with Crippen LogP contribution in [0.3, 0.4) is 0 Å². The molecule has 3 aromatic carbocycles. The number of sulfonamides is 1. The number of methoxy groups -OCH3 is 2. The Bertz CT molecular complexity index is 1280. The summed E-state index contributed by atoms with van der Waals surface area (Å²) in [5.41, 5.74) is 2.15. The molecule has 35 heavy (non-hydrogen) atoms. The van der Waals surface area contributed by atoms with E-state index in [1.165, 1.54) is 0 Å². The Hall–Kier alpha value is -3.04. The number of ether oxygens (including phenoxy) is 2. The highest BCUT2D eigenvalue weighted by Crippen LogP contribution is 2.31. The highest BCUT2D eigenvalue weighted by molar-refractivity contribution is 9.10. The fourth-order valence-corrected chi connectivity index (χ4v) is 5.44. The SMILES string of the molecule is CCC(NC(=O)CN(c1cccc(Br)c1)S(=O)(=O)c1ccc(C)cc1)c1ccc(OC)c(OC)c1. The van der Waals surface area contributed by atoms with Crippen LogP contribution in [-0.2, 0) is 14.8 Å². The van der Waals surface area contributed by atoms with Crippen molar-refractivity contribution in [1.29, 1.82) is 0 Å². The second-order valence-electron chi connectivity index (χ2n) is 7.95. The molecule has 0 radical (unpaired) electrons. The molecule has 3 aromatic rings. The third kappa shape index (κ3) is 6.35. The lowest BCUT2D eigenvalue weighted by Gasteiger charge is -2.26. The molecule has 1 atom stereocenters. The van der Waals surface area contributed by atoms with Crippen LogP contribution in [0.5, 0.6) is 11.5 Å². The van der Waals surface area contributed by atoms with Crippen LogP contribution in [-0.4, -0.2) is 35.1 Å². The first kappa shape index (κ1) is 26.6. The third-order valence-electron chi connectivity index (χ3n) is 5.55. The lowest BCUT2D eigenvalue weighted by atomic mass is 10.0. The number of carbonyl (C=O) groups is 1. The van der Waals surface area contributed by atoms with Gasteiger partial charge in [0, 0.05) is 4.47 Å². The van der Waals surface area contributed by atoms with Crippen molar-refractivity contribution >= 4 is 37.5 Å². The molecule has 0 saturated carbocycles. The van der Waals surface area contributed by atoms with Gasteiger partial charge in [-0.1, -0.05) is 52.7 Å². The molecular formula is C26H29BrN2O5S. The van der Waals surface area contributed by atoms with Gasteiger partial charge in [0.15, 0.2) is 11.5 Å². The molecule has 0 fully saturated rings. The number of hydrogen-bond donors (Lipinski definition) is 1. The van der Waals surface area contributed by atoms with Crippen molar-refractivity contribution in [3.8, 4) is 11.5 Å². The second kappa shape index (κ2) is 11.6. The Morgan fingerprint density at radius 2 is 1.69 bits per heavy atom. The first-order valence-corrected chi connectivity index (χ1v) is 13.3. The van der Waals surface area contributed by atoms with Gasteiger partial charge in [0.05, 0.1) is 30.8 Å². The van der Waals surface area contributed by atoms with Crippen LogP contribution in [0.4, 0.5) is 5.69 Å². The number of benzene rings is 3. The number of aryl methyl sites for hydroxylation is 1. The summed E-state index contributed by atoms with van der Waals surface area (Å²) >= 11 is 3.39. The van der Waals surface area contributed by atoms with E-state index in [-0.39, 0.29) is 17.5 Å². The molecule has 0 aliphatic rings. The average Bonchev–Trinajstić information content (AvgIpc) is 2.85. The Labute approximate surface area is 215 Å². The summed E-state index contributed by atoms with van der Waals surface area (Å²) in [6.45, 7) is 3.45. The molecule has 0 aliphatic heterocycles. The van der Waals surface area contributed by atoms with Crippen molar-refractivity contribution < 1.29 is 22.7 Å². The van der Waals surface area contributed by atoms with Gasteiger partial charge in [-0.05, 0) is 61.4 Å². The molecule has 0 spiro atoms. The smallest absolute Gasteiger partial charge is 0.264 e. The molecule has 1 unspecified atom stereocenters. The molecule has 3 rings (SSSR count). The lowest BCUT2D eigenvalue weighted by Crippen LogP contribution is -2.42. The van der Waals surface area contributed by atoms with Crippen molar-refractivity contribution in [3.05, 3.63) is 82.3 Å². The molecule has 0 bridgehead atoms. The normalized spacial score (nSPS) is 12.0. The monoisotopic (exact) mass is 560 g/mol. The van der Waals surface area contributed by atoms with Gasteiger partial charge in [-0.25, -0.2) is 8.42 Å². The summed E-state index contributed by atoms with van der Waals surface area (Å²) < 4.78 is 39.6. The zero-order valence-electron chi connectivity index (χ0n) is 20.1. The van der Waals surface area contributed by atoms with E-state index in [1.807, 2.05) is 26.0 Å². The number of carbonyl (C=O) groups excluding carboxylic acids is 1. The second-order valence-corrected chi connectivity index (χ2v) is 10.7. The maximum Gasteiger partial charge on any atom is 0.264 e. The molecule has 0 aromatic heterocycles. The summed E-state index contributed by atoms with van der Waals surface area (Å²) in [4.78, 5) is 13.3. The van der Waals surface area contributed by atoms with Crippen LogP contribution >= 0.6 is 15.9 Å². The number of anilines is 1. The highest BCUT2D eigenvalue weighted by Gasteiger charge is 2.28. The number of nitrogens with zero attached hydrogens (tertiary/aromatic N) is 1. The van der Waals surface area contributed by atoms with Gasteiger partial charge in [0.2, 0.25) is 5.91 Å². The van der Waals surface area contributed by atoms with Crippen LogP contribution in [0.1, 0.15) is 30.5 Å². The zero-order chi connectivity index (χ0) is 25.6. The van der Waals surface area contributed by atoms with Gasteiger partial charge in [-0.3, -0.25) is 9.10 Å². The van der Waals surface area contributed by atoms with Crippen molar-refractivity contribution in [3.63, 3.8) is 0 Å². The summed E-state index contributed by atoms with van der Waals surface area (Å²) in [6.07, 6.45) is 0.600. The third-order valence-corrected chi connectivity index (χ3v) is 7.83. The summed E-state index contributed by atoms with van der Waals surface area (Å²) in [6, 6.07) is 18.5. The van der Waals surface area contributed by atoms with Crippen molar-refractivity contribution in [2.24, 2.45) is 0 Å². The van der Waals surface area contributed by atoms with E-state index in [1.54, 1.807) is 68.8 Å². The van der Waals surface area contributed by atoms with Gasteiger partial charge < -0.3 is 14.8 Å². The maximum atomic E-state index is 13.6. The van der Waals surface area contributed by atoms with E-state index in [0.29, 0.717) is 28.1 Å². The van der Waals surface area contributed by atoms with E-state index in [4.69, 9.17) is 9.47 Å². The fourth-order valence-electron chi connectivity index (χ4n) is 3.64. The van der Waals surface area contributed by atoms with Crippen LogP contribution < -0.4 is 19.1 Å². The van der Waals surface area contributed by atoms with Crippen molar-refractivity contribution in [1.82, 2.24) is 5.32 Å². The first-order chi connectivity index (χ1) is 16.7. The number of nitrogens with one attached hydrogen (secondary N) is 1. The number of amides is 1. The van der Waals surface area contributed by atoms with E-state index >= 15 is 0 Å². The predicted octanol–water partition coefficient (Wildman–Crippen LogP) is 5.24. The fraction of sp³-hybridized carbons (Fsp3) is 0.269. The van der Waals surface area contributed by atoms with E-state index in [9.17, 15) is 13.2 Å². The Kier molecular flexibility index (Phi) is 8.80. The highest BCUT2D eigenvalue weighted by atomic mass is 79.9. The van der Waals surface area contributed by atoms with Crippen molar-refractivity contribution in [2.75, 3.05) is 25.1 Å². The first-order valence-electron chi connectivity index (χ1n) is 11.1. The van der Waals surface area contributed by atoms with E-state index in [2.05, 4.69) is 21.2 Å². The number of hydrogen-bond acceptors (Lipinski definition) is 5. The van der Waals surface area contributed by atoms with Crippen LogP contribution in [0.15, 0.2) is 76.1 Å². The standard InChI is InChI=1S/C26H29BrN2O5S/c1-5-23(19-11-14-24(33-3)25(15-19)34-4)28-26(30)17-29(21-8-6-7-20(27)16-21)35(31,32)22-12-9-18(2)10-13-22/h6-16,23H,5,17H2,1-4H3,(H,28,30). The minimum absolute atomic E-state index is 0.114. The van der Waals surface area contributed by atoms with E-state index in [0.717, 1.165) is 15.4 Å². The molecule has 9 heteroatoms. The van der Waals surface area contributed by atoms with Crippen LogP contribution in [0.25, 0.3) is 0 Å². The molecule has 0 saturated heterocycles. The van der Waals surface area contributed by atoms with Gasteiger partial charge >= 0.3 is 0 Å². The number of rotatable bonds is 10. The molecule has 186 valence electrons. The average molecular weight is 561 g/mol. The quantitative estimate of drug-likeness (QED) is 0.366. The topological polar surface area (TPSA) is 84.9 Å². The lowest BCUT2D eigenvalue weighted by molar-refractivity contribution is -0.120. The minimum atomic E-state index is -3.99. The van der Waals surface area contributed by atoms with E-state index < -0.39 is 15.9 Å².